The van der Waals surface area contributed by atoms with Gasteiger partial charge in [0.1, 0.15) is 30.4 Å². The van der Waals surface area contributed by atoms with Crippen molar-refractivity contribution in [2.75, 3.05) is 33.0 Å². The summed E-state index contributed by atoms with van der Waals surface area (Å²) in [6.45, 7) is -0.802. The Labute approximate surface area is 192 Å². The number of methoxy groups -OCH3 is 2. The van der Waals surface area contributed by atoms with Gasteiger partial charge in [-0.25, -0.2) is 25.0 Å². The second kappa shape index (κ2) is 11.6. The Morgan fingerprint density at radius 1 is 1.26 bits per heavy atom. The molecule has 1 aliphatic rings. The number of nitrogens with zero attached hydrogens (tertiary/aromatic N) is 5. The fraction of sp³-hybridized carbons (Fsp3) is 0.562. The Balaban J connectivity index is 0.000000739. The minimum Gasteiger partial charge on any atom is -0.468 e. The number of aliphatic hydroxyl groups is 2. The van der Waals surface area contributed by atoms with Crippen LogP contribution in [0.3, 0.4) is 0 Å². The lowest BCUT2D eigenvalue weighted by Gasteiger charge is -2.30. The first-order chi connectivity index (χ1) is 15.8. The molecule has 1 saturated heterocycles. The van der Waals surface area contributed by atoms with Gasteiger partial charge in [0.25, 0.3) is 0 Å². The molecule has 34 heavy (non-hydrogen) atoms. The lowest BCUT2D eigenvalue weighted by molar-refractivity contribution is -0.165. The maximum atomic E-state index is 11.7. The second-order valence-electron chi connectivity index (χ2n) is 7.00. The molecule has 0 spiro atoms. The second-order valence-corrected chi connectivity index (χ2v) is 8.18. The third-order valence-electron chi connectivity index (χ3n) is 4.62. The van der Waals surface area contributed by atoms with E-state index in [1.54, 1.807) is 4.57 Å². The molecule has 2 aromatic rings. The van der Waals surface area contributed by atoms with E-state index in [9.17, 15) is 19.8 Å². The number of carbonyl (C=O) groups excluding carboxylic acids is 2. The van der Waals surface area contributed by atoms with Crippen molar-refractivity contribution in [1.29, 1.82) is 0 Å². The molecule has 17 nitrogen and oxygen atoms in total. The van der Waals surface area contributed by atoms with Crippen LogP contribution in [0.25, 0.3) is 11.2 Å². The van der Waals surface area contributed by atoms with Crippen molar-refractivity contribution in [3.8, 4) is 0 Å². The lowest BCUT2D eigenvalue weighted by atomic mass is 10.1. The summed E-state index contributed by atoms with van der Waals surface area (Å²) in [6.07, 6.45) is -1.56. The Morgan fingerprint density at radius 3 is 2.35 bits per heavy atom. The lowest BCUT2D eigenvalue weighted by Crippen LogP contribution is -2.51. The topological polar surface area (TPSA) is 259 Å². The molecule has 0 radical (unpaired) electrons. The quantitative estimate of drug-likeness (QED) is 0.124. The van der Waals surface area contributed by atoms with Crippen LogP contribution in [0.4, 0.5) is 5.82 Å². The molecule has 0 bridgehead atoms. The van der Waals surface area contributed by atoms with Crippen LogP contribution in [0.15, 0.2) is 12.7 Å². The summed E-state index contributed by atoms with van der Waals surface area (Å²) in [5, 5.41) is 21.1. The highest BCUT2D eigenvalue weighted by molar-refractivity contribution is 7.49. The van der Waals surface area contributed by atoms with Crippen LogP contribution in [-0.2, 0) is 28.4 Å². The highest BCUT2D eigenvalue weighted by atomic mass is 31.2. The Bertz CT molecular complexity index is 1020. The zero-order chi connectivity index (χ0) is 25.6. The van der Waals surface area contributed by atoms with Crippen molar-refractivity contribution in [3.05, 3.63) is 12.7 Å². The largest absolute Gasteiger partial charge is 0.468 e. The number of aromatic nitrogens is 4. The van der Waals surface area contributed by atoms with E-state index in [1.165, 1.54) is 26.9 Å². The Kier molecular flexibility index (Phi) is 9.37. The van der Waals surface area contributed by atoms with E-state index >= 15 is 0 Å². The van der Waals surface area contributed by atoms with Gasteiger partial charge in [0.2, 0.25) is 0 Å². The Morgan fingerprint density at radius 2 is 1.82 bits per heavy atom. The minimum absolute atomic E-state index is 0.112. The SMILES string of the molecule is COC(=O)CN(CC(=O)OC)C(O)[C@H]1O[C@@H](n2cnc3c(N)ncnc32)C[C@@H]1O.NP(=O)(O)O. The van der Waals surface area contributed by atoms with Crippen LogP contribution in [-0.4, -0.2) is 102 Å². The van der Waals surface area contributed by atoms with Crippen molar-refractivity contribution in [2.24, 2.45) is 5.50 Å². The van der Waals surface area contributed by atoms with E-state index in [-0.39, 0.29) is 12.2 Å². The summed E-state index contributed by atoms with van der Waals surface area (Å²) >= 11 is 0. The fourth-order valence-electron chi connectivity index (χ4n) is 3.11. The van der Waals surface area contributed by atoms with Crippen LogP contribution in [0.1, 0.15) is 12.6 Å². The van der Waals surface area contributed by atoms with Gasteiger partial charge in [0, 0.05) is 6.42 Å². The van der Waals surface area contributed by atoms with Gasteiger partial charge in [-0.05, 0) is 0 Å². The summed E-state index contributed by atoms with van der Waals surface area (Å²) in [5.41, 5.74) is 10.6. The van der Waals surface area contributed by atoms with E-state index in [1.807, 2.05) is 0 Å². The summed E-state index contributed by atoms with van der Waals surface area (Å²) in [6, 6.07) is 0. The van der Waals surface area contributed by atoms with Crippen LogP contribution in [0.2, 0.25) is 0 Å². The number of rotatable bonds is 7. The van der Waals surface area contributed by atoms with Gasteiger partial charge in [-0.1, -0.05) is 0 Å². The first-order valence-electron chi connectivity index (χ1n) is 9.52. The van der Waals surface area contributed by atoms with Gasteiger partial charge >= 0.3 is 19.7 Å². The molecular weight excluding hydrogens is 481 g/mol. The van der Waals surface area contributed by atoms with E-state index in [0.717, 1.165) is 4.90 Å². The van der Waals surface area contributed by atoms with Crippen molar-refractivity contribution in [2.45, 2.75) is 31.1 Å². The molecule has 18 heteroatoms. The van der Waals surface area contributed by atoms with Crippen molar-refractivity contribution in [1.82, 2.24) is 24.4 Å². The number of carbonyl (C=O) groups is 2. The van der Waals surface area contributed by atoms with E-state index in [2.05, 4.69) is 29.9 Å². The van der Waals surface area contributed by atoms with Crippen LogP contribution < -0.4 is 11.2 Å². The van der Waals surface area contributed by atoms with E-state index < -0.39 is 57.4 Å². The molecule has 0 aliphatic carbocycles. The zero-order valence-corrected chi connectivity index (χ0v) is 19.1. The monoisotopic (exact) mass is 507 g/mol. The number of fused-ring (bicyclic) bond motifs is 1. The molecule has 190 valence electrons. The number of imidazole rings is 1. The maximum Gasteiger partial charge on any atom is 0.397 e. The Hall–Kier alpha value is -2.76. The molecule has 3 rings (SSSR count). The van der Waals surface area contributed by atoms with Gasteiger partial charge in [-0.3, -0.25) is 19.1 Å². The van der Waals surface area contributed by atoms with Crippen molar-refractivity contribution >= 4 is 36.7 Å². The number of ether oxygens (including phenoxy) is 3. The highest BCUT2D eigenvalue weighted by Crippen LogP contribution is 2.33. The molecule has 1 fully saturated rings. The predicted octanol–water partition coefficient (Wildman–Crippen LogP) is -2.94. The average molecular weight is 507 g/mol. The minimum atomic E-state index is -4.14. The number of anilines is 1. The number of aliphatic hydroxyl groups excluding tert-OH is 2. The number of hydrogen-bond acceptors (Lipinski definition) is 13. The first-order valence-corrected chi connectivity index (χ1v) is 11.2. The normalized spacial score (nSPS) is 21.1. The molecule has 8 N–H and O–H groups in total. The van der Waals surface area contributed by atoms with E-state index in [4.69, 9.17) is 24.8 Å². The average Bonchev–Trinajstić information content (AvgIpc) is 3.35. The molecule has 2 aromatic heterocycles. The third-order valence-corrected chi connectivity index (χ3v) is 4.62. The number of hydrogen-bond donors (Lipinski definition) is 6. The molecule has 0 amide bonds. The van der Waals surface area contributed by atoms with E-state index in [0.29, 0.717) is 11.2 Å². The van der Waals surface area contributed by atoms with Gasteiger partial charge in [0.05, 0.1) is 39.7 Å². The van der Waals surface area contributed by atoms with Crippen molar-refractivity contribution in [3.63, 3.8) is 0 Å². The third kappa shape index (κ3) is 7.37. The summed E-state index contributed by atoms with van der Waals surface area (Å²) in [7, 11) is -1.78. The molecule has 0 aromatic carbocycles. The molecule has 4 atom stereocenters. The number of nitrogens with two attached hydrogens (primary N) is 2. The highest BCUT2D eigenvalue weighted by Gasteiger charge is 2.43. The molecule has 1 aliphatic heterocycles. The molecule has 1 unspecified atom stereocenters. The fourth-order valence-corrected chi connectivity index (χ4v) is 3.11. The molecule has 0 saturated carbocycles. The van der Waals surface area contributed by atoms with Crippen molar-refractivity contribution < 1.29 is 48.4 Å². The zero-order valence-electron chi connectivity index (χ0n) is 18.2. The van der Waals surface area contributed by atoms with Gasteiger partial charge < -0.3 is 39.9 Å². The van der Waals surface area contributed by atoms with Gasteiger partial charge in [-0.15, -0.1) is 0 Å². The van der Waals surface area contributed by atoms with Gasteiger partial charge in [0.15, 0.2) is 11.5 Å². The number of esters is 2. The standard InChI is InChI=1S/C16H22N6O7.H4NO3P/c1-27-10(24)4-21(5-11(25)28-2)16(26)13-8(23)3-9(29-13)22-7-20-12-14(17)18-6-19-15(12)22;1-5(2,3)4/h6-9,13,16,23,26H,3-5H2,1-2H3,(H2,17,18,19);(H4,1,2,3,4)/t8-,9+,13-,16?;/m0./s1. The van der Waals surface area contributed by atoms with Crippen LogP contribution in [0, 0.1) is 0 Å². The maximum absolute atomic E-state index is 11.7. The van der Waals surface area contributed by atoms with Gasteiger partial charge in [-0.2, -0.15) is 0 Å². The predicted molar refractivity (Wildman–Crippen MR) is 112 cm³/mol. The first kappa shape index (κ1) is 27.5. The smallest absolute Gasteiger partial charge is 0.397 e. The summed E-state index contributed by atoms with van der Waals surface area (Å²) in [4.78, 5) is 51.4. The molecular formula is C16H26N7O10P. The van der Waals surface area contributed by atoms with Crippen LogP contribution in [0.5, 0.6) is 0 Å². The summed E-state index contributed by atoms with van der Waals surface area (Å²) < 4.78 is 25.7. The summed E-state index contributed by atoms with van der Waals surface area (Å²) in [5.74, 6) is -1.15. The van der Waals surface area contributed by atoms with Crippen LogP contribution >= 0.6 is 7.75 Å². The number of nitrogen functional groups attached to an aromatic ring is 1. The molecule has 3 heterocycles.